The molecule has 1 N–H and O–H groups in total. The molecule has 0 amide bonds. The molecule has 3 unspecified atom stereocenters. The van der Waals surface area contributed by atoms with Gasteiger partial charge in [0, 0.05) is 31.8 Å². The third kappa shape index (κ3) is 4.20. The summed E-state index contributed by atoms with van der Waals surface area (Å²) in [6.07, 6.45) is 6.73. The van der Waals surface area contributed by atoms with E-state index in [0.29, 0.717) is 23.5 Å². The normalized spacial score (nSPS) is 30.0. The van der Waals surface area contributed by atoms with Crippen LogP contribution in [0.2, 0.25) is 0 Å². The van der Waals surface area contributed by atoms with E-state index < -0.39 is 0 Å². The van der Waals surface area contributed by atoms with Gasteiger partial charge in [0.2, 0.25) is 0 Å². The molecule has 124 valence electrons. The van der Waals surface area contributed by atoms with Gasteiger partial charge in [-0.3, -0.25) is 4.90 Å². The summed E-state index contributed by atoms with van der Waals surface area (Å²) in [6.45, 7) is 12.7. The van der Waals surface area contributed by atoms with Gasteiger partial charge in [-0.25, -0.2) is 0 Å². The predicted octanol–water partition coefficient (Wildman–Crippen LogP) is 3.29. The van der Waals surface area contributed by atoms with Crippen molar-refractivity contribution in [3.8, 4) is 0 Å². The Kier molecular flexibility index (Phi) is 6.10. The Balaban J connectivity index is 2.08. The maximum atomic E-state index is 5.39. The van der Waals surface area contributed by atoms with Crippen LogP contribution in [0.1, 0.15) is 59.8 Å². The minimum atomic E-state index is 0.411. The van der Waals surface area contributed by atoms with Crippen LogP contribution in [-0.4, -0.2) is 49.8 Å². The second-order valence-corrected chi connectivity index (χ2v) is 7.84. The van der Waals surface area contributed by atoms with Crippen LogP contribution in [-0.2, 0) is 4.74 Å². The molecule has 2 rings (SSSR count). The Morgan fingerprint density at radius 1 is 1.29 bits per heavy atom. The topological polar surface area (TPSA) is 24.5 Å². The van der Waals surface area contributed by atoms with E-state index in [0.717, 1.165) is 25.6 Å². The first-order valence-electron chi connectivity index (χ1n) is 8.99. The van der Waals surface area contributed by atoms with Crippen LogP contribution < -0.4 is 5.32 Å². The van der Waals surface area contributed by atoms with E-state index in [9.17, 15) is 0 Å². The van der Waals surface area contributed by atoms with E-state index in [1.54, 1.807) is 0 Å². The van der Waals surface area contributed by atoms with E-state index in [4.69, 9.17) is 4.74 Å². The molecular weight excluding hydrogens is 260 g/mol. The van der Waals surface area contributed by atoms with Crippen molar-refractivity contribution < 1.29 is 4.74 Å². The summed E-state index contributed by atoms with van der Waals surface area (Å²) < 4.78 is 5.39. The van der Waals surface area contributed by atoms with Crippen molar-refractivity contribution in [2.24, 2.45) is 11.3 Å². The highest BCUT2D eigenvalue weighted by Gasteiger charge is 2.46. The van der Waals surface area contributed by atoms with Crippen LogP contribution in [0.5, 0.6) is 0 Å². The molecule has 2 aliphatic rings. The highest BCUT2D eigenvalue weighted by molar-refractivity contribution is 5.03. The lowest BCUT2D eigenvalue weighted by Gasteiger charge is -2.41. The van der Waals surface area contributed by atoms with Gasteiger partial charge < -0.3 is 10.1 Å². The van der Waals surface area contributed by atoms with Gasteiger partial charge in [-0.15, -0.1) is 0 Å². The first-order valence-corrected chi connectivity index (χ1v) is 8.99. The van der Waals surface area contributed by atoms with E-state index >= 15 is 0 Å². The van der Waals surface area contributed by atoms with Crippen LogP contribution >= 0.6 is 0 Å². The van der Waals surface area contributed by atoms with Gasteiger partial charge in [0.15, 0.2) is 0 Å². The SMILES string of the molecule is CCCNC1C(N(CCOC)C(C)C2CC2)CCC1(C)C. The molecule has 3 heteroatoms. The van der Waals surface area contributed by atoms with Gasteiger partial charge in [0.1, 0.15) is 0 Å². The molecule has 0 spiro atoms. The standard InChI is InChI=1S/C18H36N2O/c1-6-11-19-17-16(9-10-18(17,3)4)20(12-13-21-5)14(2)15-7-8-15/h14-17,19H,6-13H2,1-5H3. The summed E-state index contributed by atoms with van der Waals surface area (Å²) in [4.78, 5) is 2.77. The quantitative estimate of drug-likeness (QED) is 0.706. The van der Waals surface area contributed by atoms with Crippen LogP contribution in [0, 0.1) is 11.3 Å². The summed E-state index contributed by atoms with van der Waals surface area (Å²) in [7, 11) is 1.82. The molecule has 2 aliphatic carbocycles. The maximum absolute atomic E-state index is 5.39. The Bertz CT molecular complexity index is 314. The second kappa shape index (κ2) is 7.43. The Morgan fingerprint density at radius 3 is 2.57 bits per heavy atom. The zero-order valence-corrected chi connectivity index (χ0v) is 14.8. The minimum Gasteiger partial charge on any atom is -0.383 e. The Hall–Kier alpha value is -0.120. The van der Waals surface area contributed by atoms with Crippen LogP contribution in [0.15, 0.2) is 0 Å². The zero-order chi connectivity index (χ0) is 15.5. The smallest absolute Gasteiger partial charge is 0.0589 e. The summed E-state index contributed by atoms with van der Waals surface area (Å²) in [6, 6.07) is 2.01. The fourth-order valence-corrected chi connectivity index (χ4v) is 4.15. The van der Waals surface area contributed by atoms with E-state index in [2.05, 4.69) is 37.9 Å². The Labute approximate surface area is 131 Å². The molecule has 2 fully saturated rings. The van der Waals surface area contributed by atoms with Crippen LogP contribution in [0.3, 0.4) is 0 Å². The van der Waals surface area contributed by atoms with Crippen molar-refractivity contribution >= 4 is 0 Å². The van der Waals surface area contributed by atoms with E-state index in [-0.39, 0.29) is 0 Å². The fraction of sp³-hybridized carbons (Fsp3) is 1.00. The molecule has 0 aliphatic heterocycles. The molecule has 0 aromatic rings. The van der Waals surface area contributed by atoms with Crippen molar-refractivity contribution in [1.29, 1.82) is 0 Å². The molecule has 21 heavy (non-hydrogen) atoms. The average Bonchev–Trinajstić information content (AvgIpc) is 3.24. The minimum absolute atomic E-state index is 0.411. The van der Waals surface area contributed by atoms with Gasteiger partial charge in [0.25, 0.3) is 0 Å². The highest BCUT2D eigenvalue weighted by Crippen LogP contribution is 2.43. The van der Waals surface area contributed by atoms with Gasteiger partial charge in [-0.2, -0.15) is 0 Å². The van der Waals surface area contributed by atoms with Crippen molar-refractivity contribution in [1.82, 2.24) is 10.2 Å². The van der Waals surface area contributed by atoms with Gasteiger partial charge >= 0.3 is 0 Å². The fourth-order valence-electron chi connectivity index (χ4n) is 4.15. The maximum Gasteiger partial charge on any atom is 0.0589 e. The lowest BCUT2D eigenvalue weighted by atomic mass is 9.86. The van der Waals surface area contributed by atoms with Gasteiger partial charge in [0.05, 0.1) is 6.61 Å². The number of ether oxygens (including phenoxy) is 1. The van der Waals surface area contributed by atoms with Crippen molar-refractivity contribution in [3.63, 3.8) is 0 Å². The molecule has 0 saturated heterocycles. The first-order chi connectivity index (χ1) is 10.0. The highest BCUT2D eigenvalue weighted by atomic mass is 16.5. The molecule has 0 heterocycles. The lowest BCUT2D eigenvalue weighted by molar-refractivity contribution is 0.0625. The van der Waals surface area contributed by atoms with Gasteiger partial charge in [-0.05, 0) is 56.9 Å². The molecule has 3 nitrogen and oxygen atoms in total. The van der Waals surface area contributed by atoms with Crippen LogP contribution in [0.4, 0.5) is 0 Å². The number of nitrogens with one attached hydrogen (secondary N) is 1. The zero-order valence-electron chi connectivity index (χ0n) is 14.8. The van der Waals surface area contributed by atoms with Crippen molar-refractivity contribution in [3.05, 3.63) is 0 Å². The molecular formula is C18H36N2O. The molecule has 0 aromatic carbocycles. The summed E-state index contributed by atoms with van der Waals surface area (Å²) in [5.74, 6) is 0.928. The molecule has 0 aromatic heterocycles. The molecule has 0 bridgehead atoms. The van der Waals surface area contributed by atoms with Crippen molar-refractivity contribution in [2.75, 3.05) is 26.8 Å². The van der Waals surface area contributed by atoms with Crippen molar-refractivity contribution in [2.45, 2.75) is 77.9 Å². The third-order valence-electron chi connectivity index (χ3n) is 5.73. The predicted molar refractivity (Wildman–Crippen MR) is 89.7 cm³/mol. The second-order valence-electron chi connectivity index (χ2n) is 7.84. The number of rotatable bonds is 9. The summed E-state index contributed by atoms with van der Waals surface area (Å²) in [5, 5.41) is 3.86. The van der Waals surface area contributed by atoms with Crippen LogP contribution in [0.25, 0.3) is 0 Å². The van der Waals surface area contributed by atoms with E-state index in [1.807, 2.05) is 7.11 Å². The third-order valence-corrected chi connectivity index (χ3v) is 5.73. The Morgan fingerprint density at radius 2 is 2.00 bits per heavy atom. The number of nitrogens with zero attached hydrogens (tertiary/aromatic N) is 1. The number of hydrogen-bond acceptors (Lipinski definition) is 3. The average molecular weight is 296 g/mol. The van der Waals surface area contributed by atoms with Gasteiger partial charge in [-0.1, -0.05) is 20.8 Å². The molecule has 3 atom stereocenters. The number of hydrogen-bond donors (Lipinski definition) is 1. The molecule has 2 saturated carbocycles. The summed E-state index contributed by atoms with van der Waals surface area (Å²) in [5.41, 5.74) is 0.411. The molecule has 0 radical (unpaired) electrons. The number of methoxy groups -OCH3 is 1. The largest absolute Gasteiger partial charge is 0.383 e. The first kappa shape index (κ1) is 17.2. The monoisotopic (exact) mass is 296 g/mol. The van der Waals surface area contributed by atoms with E-state index in [1.165, 1.54) is 32.1 Å². The summed E-state index contributed by atoms with van der Waals surface area (Å²) >= 11 is 0. The lowest BCUT2D eigenvalue weighted by Crippen LogP contribution is -2.55.